The molecule has 1 N–H and O–H groups in total. The molecule has 0 spiro atoms. The summed E-state index contributed by atoms with van der Waals surface area (Å²) in [6.45, 7) is 3.03. The highest BCUT2D eigenvalue weighted by Gasteiger charge is 2.51. The Bertz CT molecular complexity index is 1430. The lowest BCUT2D eigenvalue weighted by Gasteiger charge is -2.19. The Labute approximate surface area is 196 Å². The van der Waals surface area contributed by atoms with Gasteiger partial charge in [0, 0.05) is 17.5 Å². The number of urea groups is 1. The number of para-hydroxylation sites is 1. The van der Waals surface area contributed by atoms with E-state index in [1.165, 1.54) is 10.4 Å². The summed E-state index contributed by atoms with van der Waals surface area (Å²) in [7, 11) is -3.39. The molecule has 1 aromatic heterocycles. The predicted molar refractivity (Wildman–Crippen MR) is 125 cm³/mol. The minimum atomic E-state index is -3.39. The molecule has 0 radical (unpaired) electrons. The van der Waals surface area contributed by atoms with Gasteiger partial charge in [-0.05, 0) is 56.2 Å². The second-order valence-corrected chi connectivity index (χ2v) is 10.8. The third-order valence-corrected chi connectivity index (χ3v) is 8.23. The van der Waals surface area contributed by atoms with Crippen molar-refractivity contribution in [1.82, 2.24) is 10.2 Å². The molecule has 1 fully saturated rings. The second-order valence-electron chi connectivity index (χ2n) is 8.58. The van der Waals surface area contributed by atoms with Gasteiger partial charge in [0.05, 0.1) is 18.0 Å². The van der Waals surface area contributed by atoms with E-state index in [1.54, 1.807) is 38.1 Å². The fourth-order valence-electron chi connectivity index (χ4n) is 4.46. The van der Waals surface area contributed by atoms with Crippen LogP contribution in [-0.4, -0.2) is 49.9 Å². The van der Waals surface area contributed by atoms with E-state index in [0.717, 1.165) is 15.8 Å². The summed E-state index contributed by atoms with van der Waals surface area (Å²) in [5.74, 6) is -0.719. The molecule has 0 aliphatic carbocycles. The Morgan fingerprint density at radius 2 is 1.91 bits per heavy atom. The molecular formula is C24H23N3O6S. The second kappa shape index (κ2) is 7.69. The largest absolute Gasteiger partial charge is 0.458 e. The van der Waals surface area contributed by atoms with E-state index in [0.29, 0.717) is 29.8 Å². The van der Waals surface area contributed by atoms with Crippen LogP contribution in [0, 0.1) is 0 Å². The van der Waals surface area contributed by atoms with Crippen molar-refractivity contribution < 1.29 is 27.2 Å². The molecular weight excluding hydrogens is 458 g/mol. The molecule has 3 heterocycles. The lowest BCUT2D eigenvalue weighted by atomic mass is 9.98. The normalized spacial score (nSPS) is 20.2. The van der Waals surface area contributed by atoms with Gasteiger partial charge in [-0.25, -0.2) is 13.2 Å². The van der Waals surface area contributed by atoms with Crippen LogP contribution in [0.25, 0.3) is 11.0 Å². The average molecular weight is 482 g/mol. The predicted octanol–water partition coefficient (Wildman–Crippen LogP) is 2.79. The first kappa shape index (κ1) is 22.1. The van der Waals surface area contributed by atoms with Gasteiger partial charge >= 0.3 is 6.03 Å². The van der Waals surface area contributed by atoms with Gasteiger partial charge in [0.15, 0.2) is 11.3 Å². The standard InChI is InChI=1S/C24H23N3O6S/c1-3-34(31,32)27-11-10-15-12-16(8-9-18(15)27)19(28)14-26-22(29)24(2,25-23(26)30)21-13-17-6-4-5-7-20(17)33-21/h4-9,12-13H,3,10-11,14H2,1-2H3,(H,25,30)/t24-/m0/s1. The number of nitrogens with zero attached hydrogens (tertiary/aromatic N) is 2. The van der Waals surface area contributed by atoms with E-state index in [2.05, 4.69) is 5.32 Å². The fourth-order valence-corrected chi connectivity index (χ4v) is 5.62. The van der Waals surface area contributed by atoms with Crippen LogP contribution < -0.4 is 9.62 Å². The molecule has 10 heteroatoms. The number of amides is 3. The third kappa shape index (κ3) is 3.37. The van der Waals surface area contributed by atoms with Gasteiger partial charge in [0.1, 0.15) is 11.3 Å². The highest BCUT2D eigenvalue weighted by atomic mass is 32.2. The number of carbonyl (C=O) groups excluding carboxylic acids is 3. The van der Waals surface area contributed by atoms with E-state index >= 15 is 0 Å². The number of benzene rings is 2. The van der Waals surface area contributed by atoms with Crippen molar-refractivity contribution in [2.75, 3.05) is 23.1 Å². The van der Waals surface area contributed by atoms with E-state index in [1.807, 2.05) is 18.2 Å². The number of rotatable bonds is 6. The summed E-state index contributed by atoms with van der Waals surface area (Å²) in [6.07, 6.45) is 0.489. The minimum absolute atomic E-state index is 0.0106. The van der Waals surface area contributed by atoms with Gasteiger partial charge in [-0.2, -0.15) is 0 Å². The lowest BCUT2D eigenvalue weighted by molar-refractivity contribution is -0.131. The van der Waals surface area contributed by atoms with Crippen molar-refractivity contribution in [3.05, 3.63) is 65.4 Å². The van der Waals surface area contributed by atoms with Crippen LogP contribution in [0.2, 0.25) is 0 Å². The zero-order valence-corrected chi connectivity index (χ0v) is 19.5. The number of nitrogens with one attached hydrogen (secondary N) is 1. The van der Waals surface area contributed by atoms with Gasteiger partial charge in [0.2, 0.25) is 10.0 Å². The number of imide groups is 1. The van der Waals surface area contributed by atoms with Crippen LogP contribution in [0.4, 0.5) is 10.5 Å². The average Bonchev–Trinajstić information content (AvgIpc) is 3.50. The van der Waals surface area contributed by atoms with Crippen molar-refractivity contribution in [3.8, 4) is 0 Å². The maximum Gasteiger partial charge on any atom is 0.325 e. The summed E-state index contributed by atoms with van der Waals surface area (Å²) in [6, 6.07) is 13.1. The summed E-state index contributed by atoms with van der Waals surface area (Å²) >= 11 is 0. The molecule has 0 saturated carbocycles. The van der Waals surface area contributed by atoms with Crippen molar-refractivity contribution in [3.63, 3.8) is 0 Å². The minimum Gasteiger partial charge on any atom is -0.458 e. The van der Waals surface area contributed by atoms with Crippen LogP contribution in [0.1, 0.15) is 35.5 Å². The van der Waals surface area contributed by atoms with Crippen LogP contribution in [0.3, 0.4) is 0 Å². The summed E-state index contributed by atoms with van der Waals surface area (Å²) in [5, 5.41) is 3.45. The topological polar surface area (TPSA) is 117 Å². The van der Waals surface area contributed by atoms with Crippen LogP contribution in [-0.2, 0) is 26.8 Å². The zero-order valence-electron chi connectivity index (χ0n) is 18.7. The van der Waals surface area contributed by atoms with Crippen molar-refractivity contribution in [2.24, 2.45) is 0 Å². The summed E-state index contributed by atoms with van der Waals surface area (Å²) in [5.41, 5.74) is 0.779. The van der Waals surface area contributed by atoms with Gasteiger partial charge in [0.25, 0.3) is 5.91 Å². The molecule has 2 aliphatic rings. The Hall–Kier alpha value is -3.66. The van der Waals surface area contributed by atoms with E-state index in [4.69, 9.17) is 4.42 Å². The molecule has 3 aromatic rings. The first-order chi connectivity index (χ1) is 16.1. The number of fused-ring (bicyclic) bond motifs is 2. The fraction of sp³-hybridized carbons (Fsp3) is 0.292. The van der Waals surface area contributed by atoms with Gasteiger partial charge < -0.3 is 9.73 Å². The Kier molecular flexibility index (Phi) is 5.01. The molecule has 2 aromatic carbocycles. The summed E-state index contributed by atoms with van der Waals surface area (Å²) in [4.78, 5) is 39.7. The zero-order chi connectivity index (χ0) is 24.3. The Morgan fingerprint density at radius 3 is 2.65 bits per heavy atom. The maximum absolute atomic E-state index is 13.2. The Morgan fingerprint density at radius 1 is 1.15 bits per heavy atom. The first-order valence-corrected chi connectivity index (χ1v) is 12.5. The molecule has 34 heavy (non-hydrogen) atoms. The van der Waals surface area contributed by atoms with Crippen molar-refractivity contribution in [1.29, 1.82) is 0 Å². The number of furan rings is 1. The number of hydrogen-bond acceptors (Lipinski definition) is 6. The van der Waals surface area contributed by atoms with Crippen molar-refractivity contribution >= 4 is 44.4 Å². The van der Waals surface area contributed by atoms with E-state index in [9.17, 15) is 22.8 Å². The lowest BCUT2D eigenvalue weighted by Crippen LogP contribution is -2.41. The SMILES string of the molecule is CCS(=O)(=O)N1CCc2cc(C(=O)CN3C(=O)N[C@@](C)(c4cc5ccccc5o4)C3=O)ccc21. The molecule has 0 bridgehead atoms. The number of anilines is 1. The number of Topliss-reactive ketones (excluding diaryl/α,β-unsaturated/α-hetero) is 1. The molecule has 1 saturated heterocycles. The molecule has 176 valence electrons. The summed E-state index contributed by atoms with van der Waals surface area (Å²) < 4.78 is 31.7. The number of ketones is 1. The van der Waals surface area contributed by atoms with Crippen molar-refractivity contribution in [2.45, 2.75) is 25.8 Å². The monoisotopic (exact) mass is 481 g/mol. The quantitative estimate of drug-likeness (QED) is 0.427. The van der Waals surface area contributed by atoms with Crippen LogP contribution in [0.15, 0.2) is 52.9 Å². The first-order valence-electron chi connectivity index (χ1n) is 10.9. The van der Waals surface area contributed by atoms with Gasteiger partial charge in [-0.3, -0.25) is 18.8 Å². The number of sulfonamides is 1. The van der Waals surface area contributed by atoms with Gasteiger partial charge in [-0.15, -0.1) is 0 Å². The Balaban J connectivity index is 1.37. The molecule has 9 nitrogen and oxygen atoms in total. The highest BCUT2D eigenvalue weighted by Crippen LogP contribution is 2.34. The molecule has 5 rings (SSSR count). The van der Waals surface area contributed by atoms with E-state index in [-0.39, 0.29) is 11.5 Å². The number of carbonyl (C=O) groups is 3. The van der Waals surface area contributed by atoms with Crippen LogP contribution in [0.5, 0.6) is 0 Å². The smallest absolute Gasteiger partial charge is 0.325 e. The molecule has 0 unspecified atom stereocenters. The molecule has 2 aliphatic heterocycles. The van der Waals surface area contributed by atoms with Gasteiger partial charge in [-0.1, -0.05) is 18.2 Å². The van der Waals surface area contributed by atoms with E-state index < -0.39 is 39.8 Å². The maximum atomic E-state index is 13.2. The van der Waals surface area contributed by atoms with Crippen LogP contribution >= 0.6 is 0 Å². The number of hydrogen-bond donors (Lipinski definition) is 1. The molecule has 3 amide bonds. The third-order valence-electron chi connectivity index (χ3n) is 6.45. The molecule has 1 atom stereocenters. The highest BCUT2D eigenvalue weighted by molar-refractivity contribution is 7.92.